The van der Waals surface area contributed by atoms with Crippen LogP contribution in [0.5, 0.6) is 5.75 Å². The number of nitro benzene ring substituents is 1. The Hall–Kier alpha value is -3.44. The van der Waals surface area contributed by atoms with Crippen LogP contribution in [-0.4, -0.2) is 16.9 Å². The summed E-state index contributed by atoms with van der Waals surface area (Å²) in [6, 6.07) is 11.6. The van der Waals surface area contributed by atoms with Crippen molar-refractivity contribution in [1.29, 1.82) is 5.26 Å². The molecular weight excluding hydrogens is 462 g/mol. The monoisotopic (exact) mass is 483 g/mol. The summed E-state index contributed by atoms with van der Waals surface area (Å²) in [5.41, 5.74) is 2.29. The largest absolute Gasteiger partial charge is 0.487 e. The number of amides is 1. The molecule has 2 rings (SSSR count). The Labute approximate surface area is 189 Å². The fourth-order valence-electron chi connectivity index (χ4n) is 2.75. The topological polar surface area (TPSA) is 105 Å². The number of nitrogens with one attached hydrogen (secondary N) is 1. The fraction of sp³-hybridized carbons (Fsp3) is 0.217. The van der Waals surface area contributed by atoms with E-state index >= 15 is 0 Å². The number of nitrogens with zero attached hydrogens (tertiary/aromatic N) is 2. The molecule has 0 saturated heterocycles. The van der Waals surface area contributed by atoms with Gasteiger partial charge in [0.1, 0.15) is 24.0 Å². The van der Waals surface area contributed by atoms with Gasteiger partial charge < -0.3 is 10.1 Å². The van der Waals surface area contributed by atoms with E-state index in [0.29, 0.717) is 22.2 Å². The first-order chi connectivity index (χ1) is 14.7. The van der Waals surface area contributed by atoms with Crippen LogP contribution in [0.4, 0.5) is 5.69 Å². The van der Waals surface area contributed by atoms with E-state index in [9.17, 15) is 20.2 Å². The van der Waals surface area contributed by atoms with Gasteiger partial charge in [-0.25, -0.2) is 0 Å². The van der Waals surface area contributed by atoms with Crippen molar-refractivity contribution in [2.24, 2.45) is 0 Å². The first kappa shape index (κ1) is 23.8. The van der Waals surface area contributed by atoms with Crippen molar-refractivity contribution in [3.8, 4) is 11.8 Å². The first-order valence-electron chi connectivity index (χ1n) is 9.47. The van der Waals surface area contributed by atoms with Gasteiger partial charge in [0.2, 0.25) is 0 Å². The Bertz CT molecular complexity index is 1050. The average molecular weight is 484 g/mol. The maximum Gasteiger partial charge on any atom is 0.269 e. The molecule has 0 fully saturated rings. The summed E-state index contributed by atoms with van der Waals surface area (Å²) < 4.78 is 6.62. The molecule has 0 aromatic heterocycles. The molecule has 1 amide bonds. The Morgan fingerprint density at radius 3 is 2.58 bits per heavy atom. The van der Waals surface area contributed by atoms with Crippen molar-refractivity contribution >= 4 is 33.6 Å². The van der Waals surface area contributed by atoms with E-state index in [-0.39, 0.29) is 23.9 Å². The number of non-ortho nitro benzene ring substituents is 1. The van der Waals surface area contributed by atoms with Crippen LogP contribution in [0, 0.1) is 21.4 Å². The van der Waals surface area contributed by atoms with Gasteiger partial charge in [-0.05, 0) is 83.2 Å². The summed E-state index contributed by atoms with van der Waals surface area (Å²) in [6.45, 7) is 7.64. The van der Waals surface area contributed by atoms with Gasteiger partial charge in [-0.2, -0.15) is 5.26 Å². The highest BCUT2D eigenvalue weighted by atomic mass is 79.9. The first-order valence-corrected chi connectivity index (χ1v) is 10.3. The third kappa shape index (κ3) is 6.79. The van der Waals surface area contributed by atoms with E-state index < -0.39 is 10.8 Å². The van der Waals surface area contributed by atoms with E-state index in [2.05, 4.69) is 27.8 Å². The molecule has 0 aliphatic heterocycles. The summed E-state index contributed by atoms with van der Waals surface area (Å²) >= 11 is 3.50. The second-order valence-electron chi connectivity index (χ2n) is 6.99. The standard InChI is InChI=1S/C23H22BrN3O4/c1-4-5-18-10-17(11-19(13-25)23(28)26-15(2)3)12-21(24)22(18)31-14-16-6-8-20(9-7-16)27(29)30/h4,6-12,15H,1,5,14H2,2-3H3,(H,26,28)/b19-11-. The lowest BCUT2D eigenvalue weighted by atomic mass is 10.0. The van der Waals surface area contributed by atoms with Crippen molar-refractivity contribution in [1.82, 2.24) is 5.32 Å². The number of halogens is 1. The fourth-order valence-corrected chi connectivity index (χ4v) is 3.38. The van der Waals surface area contributed by atoms with Gasteiger partial charge in [-0.3, -0.25) is 14.9 Å². The molecule has 0 saturated carbocycles. The summed E-state index contributed by atoms with van der Waals surface area (Å²) in [7, 11) is 0. The van der Waals surface area contributed by atoms with Crippen LogP contribution in [0.15, 0.2) is 59.1 Å². The lowest BCUT2D eigenvalue weighted by molar-refractivity contribution is -0.384. The Morgan fingerprint density at radius 1 is 1.35 bits per heavy atom. The van der Waals surface area contributed by atoms with E-state index in [1.165, 1.54) is 18.2 Å². The van der Waals surface area contributed by atoms with E-state index in [1.807, 2.05) is 26.0 Å². The highest BCUT2D eigenvalue weighted by Gasteiger charge is 2.14. The third-order valence-electron chi connectivity index (χ3n) is 4.13. The second-order valence-corrected chi connectivity index (χ2v) is 7.85. The number of carbonyl (C=O) groups excluding carboxylic acids is 1. The summed E-state index contributed by atoms with van der Waals surface area (Å²) in [6.07, 6.45) is 3.76. The zero-order chi connectivity index (χ0) is 23.0. The number of hydrogen-bond donors (Lipinski definition) is 1. The van der Waals surface area contributed by atoms with Crippen LogP contribution in [0.1, 0.15) is 30.5 Å². The minimum absolute atomic E-state index is 0.00435. The zero-order valence-electron chi connectivity index (χ0n) is 17.2. The Morgan fingerprint density at radius 2 is 2.03 bits per heavy atom. The maximum atomic E-state index is 12.2. The van der Waals surface area contributed by atoms with Gasteiger partial charge in [0.25, 0.3) is 11.6 Å². The highest BCUT2D eigenvalue weighted by molar-refractivity contribution is 9.10. The van der Waals surface area contributed by atoms with Crippen LogP contribution >= 0.6 is 15.9 Å². The zero-order valence-corrected chi connectivity index (χ0v) is 18.8. The molecule has 0 spiro atoms. The van der Waals surface area contributed by atoms with E-state index in [1.54, 1.807) is 24.3 Å². The van der Waals surface area contributed by atoms with Gasteiger partial charge in [0.15, 0.2) is 0 Å². The number of rotatable bonds is 9. The molecule has 7 nitrogen and oxygen atoms in total. The number of benzene rings is 2. The number of hydrogen-bond acceptors (Lipinski definition) is 5. The van der Waals surface area contributed by atoms with Crippen LogP contribution in [0.2, 0.25) is 0 Å². The lowest BCUT2D eigenvalue weighted by Crippen LogP contribution is -2.30. The van der Waals surface area contributed by atoms with Crippen molar-refractivity contribution < 1.29 is 14.5 Å². The van der Waals surface area contributed by atoms with Crippen LogP contribution in [0.25, 0.3) is 6.08 Å². The summed E-state index contributed by atoms with van der Waals surface area (Å²) in [4.78, 5) is 22.5. The molecule has 8 heteroatoms. The normalized spacial score (nSPS) is 11.0. The maximum absolute atomic E-state index is 12.2. The molecule has 0 atom stereocenters. The lowest BCUT2D eigenvalue weighted by Gasteiger charge is -2.14. The second kappa shape index (κ2) is 11.1. The minimum Gasteiger partial charge on any atom is -0.487 e. The van der Waals surface area contributed by atoms with Crippen molar-refractivity contribution in [2.45, 2.75) is 32.9 Å². The molecule has 0 heterocycles. The molecule has 0 bridgehead atoms. The number of carbonyl (C=O) groups is 1. The predicted molar refractivity (Wildman–Crippen MR) is 122 cm³/mol. The molecule has 2 aromatic carbocycles. The molecule has 0 aliphatic rings. The average Bonchev–Trinajstić information content (AvgIpc) is 2.71. The molecule has 31 heavy (non-hydrogen) atoms. The van der Waals surface area contributed by atoms with Crippen LogP contribution in [0.3, 0.4) is 0 Å². The van der Waals surface area contributed by atoms with E-state index in [0.717, 1.165) is 11.1 Å². The predicted octanol–water partition coefficient (Wildman–Crippen LogP) is 5.10. The quantitative estimate of drug-likeness (QED) is 0.175. The Balaban J connectivity index is 2.30. The van der Waals surface area contributed by atoms with Crippen LogP contribution in [-0.2, 0) is 17.8 Å². The van der Waals surface area contributed by atoms with Gasteiger partial charge in [-0.15, -0.1) is 6.58 Å². The van der Waals surface area contributed by atoms with Gasteiger partial charge in [-0.1, -0.05) is 6.08 Å². The summed E-state index contributed by atoms with van der Waals surface area (Å²) in [5.74, 6) is 0.165. The van der Waals surface area contributed by atoms with Crippen molar-refractivity contribution in [3.05, 3.63) is 85.9 Å². The van der Waals surface area contributed by atoms with E-state index in [4.69, 9.17) is 4.74 Å². The molecular formula is C23H22BrN3O4. The Kier molecular flexibility index (Phi) is 8.53. The van der Waals surface area contributed by atoms with Crippen molar-refractivity contribution in [3.63, 3.8) is 0 Å². The number of ether oxygens (including phenoxy) is 1. The van der Waals surface area contributed by atoms with Gasteiger partial charge in [0.05, 0.1) is 9.40 Å². The number of nitro groups is 1. The van der Waals surface area contributed by atoms with Gasteiger partial charge >= 0.3 is 0 Å². The molecule has 1 N–H and O–H groups in total. The van der Waals surface area contributed by atoms with Gasteiger partial charge in [0, 0.05) is 18.2 Å². The SMILES string of the molecule is C=CCc1cc(/C=C(/C#N)C(=O)NC(C)C)cc(Br)c1OCc1ccc([N+](=O)[O-])cc1. The van der Waals surface area contributed by atoms with Crippen LogP contribution < -0.4 is 10.1 Å². The third-order valence-corrected chi connectivity index (χ3v) is 4.72. The molecule has 0 unspecified atom stereocenters. The molecule has 160 valence electrons. The highest BCUT2D eigenvalue weighted by Crippen LogP contribution is 2.33. The minimum atomic E-state index is -0.452. The number of allylic oxidation sites excluding steroid dienone is 1. The number of nitriles is 1. The van der Waals surface area contributed by atoms with Crippen molar-refractivity contribution in [2.75, 3.05) is 0 Å². The molecule has 0 aliphatic carbocycles. The molecule has 0 radical (unpaired) electrons. The summed E-state index contributed by atoms with van der Waals surface area (Å²) in [5, 5.41) is 22.8. The molecule has 2 aromatic rings. The smallest absolute Gasteiger partial charge is 0.269 e.